The maximum absolute atomic E-state index is 8.73. The molecule has 0 spiro atoms. The minimum Gasteiger partial charge on any atom is -0.352 e. The Morgan fingerprint density at radius 1 is 1.22 bits per heavy atom. The van der Waals surface area contributed by atoms with Gasteiger partial charge >= 0.3 is 0 Å². The second-order valence-corrected chi connectivity index (χ2v) is 3.57. The Kier molecular flexibility index (Phi) is 2.35. The third kappa shape index (κ3) is 1.74. The van der Waals surface area contributed by atoms with E-state index in [-0.39, 0.29) is 0 Å². The highest BCUT2D eigenvalue weighted by molar-refractivity contribution is 5.59. The van der Waals surface area contributed by atoms with Crippen molar-refractivity contribution in [3.8, 4) is 28.9 Å². The number of aromatic amines is 1. The normalized spacial score (nSPS) is 10.2. The summed E-state index contributed by atoms with van der Waals surface area (Å²) in [7, 11) is 0. The lowest BCUT2D eigenvalue weighted by Gasteiger charge is -1.89. The third-order valence-electron chi connectivity index (χ3n) is 2.41. The van der Waals surface area contributed by atoms with Gasteiger partial charge in [-0.15, -0.1) is 0 Å². The van der Waals surface area contributed by atoms with Crippen molar-refractivity contribution >= 4 is 0 Å². The van der Waals surface area contributed by atoms with Crippen molar-refractivity contribution in [3.05, 3.63) is 42.5 Å². The SMILES string of the molecule is N#Cc1cc(-c2nc(-c3ccncc3)no2)c[nH]1. The van der Waals surface area contributed by atoms with Gasteiger partial charge in [0.1, 0.15) is 11.8 Å². The van der Waals surface area contributed by atoms with Crippen molar-refractivity contribution in [2.45, 2.75) is 0 Å². The van der Waals surface area contributed by atoms with Crippen LogP contribution in [-0.2, 0) is 0 Å². The molecule has 0 atom stereocenters. The average molecular weight is 237 g/mol. The predicted molar refractivity (Wildman–Crippen MR) is 62.0 cm³/mol. The van der Waals surface area contributed by atoms with Crippen LogP contribution in [0.4, 0.5) is 0 Å². The van der Waals surface area contributed by atoms with Gasteiger partial charge in [-0.1, -0.05) is 5.16 Å². The molecule has 3 aromatic rings. The van der Waals surface area contributed by atoms with Gasteiger partial charge in [-0.25, -0.2) is 0 Å². The van der Waals surface area contributed by atoms with Crippen LogP contribution in [0.1, 0.15) is 5.69 Å². The molecule has 3 rings (SSSR count). The number of nitrogens with one attached hydrogen (secondary N) is 1. The molecule has 6 nitrogen and oxygen atoms in total. The summed E-state index contributed by atoms with van der Waals surface area (Å²) in [6, 6.07) is 7.25. The molecule has 0 saturated heterocycles. The molecule has 0 radical (unpaired) electrons. The zero-order chi connectivity index (χ0) is 12.4. The minimum atomic E-state index is 0.375. The van der Waals surface area contributed by atoms with Crippen molar-refractivity contribution in [2.75, 3.05) is 0 Å². The van der Waals surface area contributed by atoms with E-state index < -0.39 is 0 Å². The van der Waals surface area contributed by atoms with E-state index in [4.69, 9.17) is 9.78 Å². The molecule has 3 aromatic heterocycles. The second kappa shape index (κ2) is 4.14. The standard InChI is InChI=1S/C12H7N5O/c13-6-10-5-9(7-15-10)12-16-11(17-18-12)8-1-3-14-4-2-8/h1-5,7,15H. The Bertz CT molecular complexity index is 707. The van der Waals surface area contributed by atoms with Crippen LogP contribution in [0.15, 0.2) is 41.3 Å². The summed E-state index contributed by atoms with van der Waals surface area (Å²) in [6.45, 7) is 0. The van der Waals surface area contributed by atoms with Crippen LogP contribution in [0.3, 0.4) is 0 Å². The van der Waals surface area contributed by atoms with Gasteiger partial charge in [-0.3, -0.25) is 4.98 Å². The van der Waals surface area contributed by atoms with Crippen LogP contribution in [0.25, 0.3) is 22.8 Å². The van der Waals surface area contributed by atoms with Crippen LogP contribution in [-0.4, -0.2) is 20.1 Å². The fraction of sp³-hybridized carbons (Fsp3) is 0. The Balaban J connectivity index is 1.97. The summed E-state index contributed by atoms with van der Waals surface area (Å²) < 4.78 is 5.15. The van der Waals surface area contributed by atoms with E-state index in [9.17, 15) is 0 Å². The van der Waals surface area contributed by atoms with Gasteiger partial charge in [0.25, 0.3) is 5.89 Å². The lowest BCUT2D eigenvalue weighted by atomic mass is 10.2. The van der Waals surface area contributed by atoms with Crippen LogP contribution in [0.2, 0.25) is 0 Å². The molecule has 18 heavy (non-hydrogen) atoms. The average Bonchev–Trinajstić information content (AvgIpc) is 3.08. The Morgan fingerprint density at radius 2 is 2.06 bits per heavy atom. The summed E-state index contributed by atoms with van der Waals surface area (Å²) in [4.78, 5) is 11.0. The smallest absolute Gasteiger partial charge is 0.259 e. The number of nitriles is 1. The maximum atomic E-state index is 8.73. The van der Waals surface area contributed by atoms with Crippen LogP contribution in [0, 0.1) is 11.3 Å². The highest BCUT2D eigenvalue weighted by Crippen LogP contribution is 2.21. The van der Waals surface area contributed by atoms with E-state index in [2.05, 4.69) is 20.1 Å². The number of H-pyrrole nitrogens is 1. The Labute approximate surface area is 102 Å². The largest absolute Gasteiger partial charge is 0.352 e. The predicted octanol–water partition coefficient (Wildman–Crippen LogP) is 2.00. The zero-order valence-corrected chi connectivity index (χ0v) is 9.16. The number of aromatic nitrogens is 4. The molecular formula is C12H7N5O. The lowest BCUT2D eigenvalue weighted by Crippen LogP contribution is -1.80. The van der Waals surface area contributed by atoms with Crippen molar-refractivity contribution in [1.29, 1.82) is 5.26 Å². The van der Waals surface area contributed by atoms with Crippen molar-refractivity contribution in [2.24, 2.45) is 0 Å². The van der Waals surface area contributed by atoms with E-state index in [1.54, 1.807) is 36.8 Å². The Morgan fingerprint density at radius 3 is 2.78 bits per heavy atom. The molecule has 0 amide bonds. The van der Waals surface area contributed by atoms with E-state index in [0.717, 1.165) is 5.56 Å². The second-order valence-electron chi connectivity index (χ2n) is 3.57. The van der Waals surface area contributed by atoms with Gasteiger partial charge in [0, 0.05) is 24.2 Å². The first-order chi connectivity index (χ1) is 8.86. The van der Waals surface area contributed by atoms with Crippen molar-refractivity contribution in [1.82, 2.24) is 20.1 Å². The van der Waals surface area contributed by atoms with E-state index in [0.29, 0.717) is 23.0 Å². The van der Waals surface area contributed by atoms with E-state index >= 15 is 0 Å². The number of rotatable bonds is 2. The molecule has 0 unspecified atom stereocenters. The molecule has 0 aliphatic rings. The summed E-state index contributed by atoms with van der Waals surface area (Å²) in [5, 5.41) is 12.6. The molecule has 0 fully saturated rings. The first kappa shape index (κ1) is 10.2. The molecule has 0 aliphatic heterocycles. The topological polar surface area (TPSA) is 91.4 Å². The molecule has 0 bridgehead atoms. The fourth-order valence-electron chi connectivity index (χ4n) is 1.54. The molecule has 0 aliphatic carbocycles. The first-order valence-electron chi connectivity index (χ1n) is 5.20. The van der Waals surface area contributed by atoms with Crippen LogP contribution in [0.5, 0.6) is 0 Å². The maximum Gasteiger partial charge on any atom is 0.259 e. The number of hydrogen-bond donors (Lipinski definition) is 1. The third-order valence-corrected chi connectivity index (χ3v) is 2.41. The molecular weight excluding hydrogens is 230 g/mol. The lowest BCUT2D eigenvalue weighted by molar-refractivity contribution is 0.432. The number of pyridine rings is 1. The zero-order valence-electron chi connectivity index (χ0n) is 9.16. The van der Waals surface area contributed by atoms with Crippen LogP contribution < -0.4 is 0 Å². The van der Waals surface area contributed by atoms with Gasteiger partial charge in [0.2, 0.25) is 5.82 Å². The fourth-order valence-corrected chi connectivity index (χ4v) is 1.54. The molecule has 0 aromatic carbocycles. The Hall–Kier alpha value is -2.94. The summed E-state index contributed by atoms with van der Waals surface area (Å²) in [5.74, 6) is 0.867. The summed E-state index contributed by atoms with van der Waals surface area (Å²) >= 11 is 0. The van der Waals surface area contributed by atoms with Gasteiger partial charge < -0.3 is 9.51 Å². The number of nitrogens with zero attached hydrogens (tertiary/aromatic N) is 4. The van der Waals surface area contributed by atoms with E-state index in [1.165, 1.54) is 0 Å². The summed E-state index contributed by atoms with van der Waals surface area (Å²) in [6.07, 6.45) is 4.98. The molecule has 1 N–H and O–H groups in total. The monoisotopic (exact) mass is 237 g/mol. The van der Waals surface area contributed by atoms with Gasteiger partial charge in [-0.05, 0) is 18.2 Å². The van der Waals surface area contributed by atoms with Gasteiger partial charge in [-0.2, -0.15) is 10.2 Å². The van der Waals surface area contributed by atoms with E-state index in [1.807, 2.05) is 6.07 Å². The van der Waals surface area contributed by atoms with Gasteiger partial charge in [0.15, 0.2) is 0 Å². The highest BCUT2D eigenvalue weighted by Gasteiger charge is 2.11. The molecule has 86 valence electrons. The van der Waals surface area contributed by atoms with Crippen molar-refractivity contribution < 1.29 is 4.52 Å². The van der Waals surface area contributed by atoms with Crippen LogP contribution >= 0.6 is 0 Å². The molecule has 3 heterocycles. The minimum absolute atomic E-state index is 0.375. The molecule has 0 saturated carbocycles. The summed E-state index contributed by atoms with van der Waals surface area (Å²) in [5.41, 5.74) is 1.98. The highest BCUT2D eigenvalue weighted by atomic mass is 16.5. The number of hydrogen-bond acceptors (Lipinski definition) is 5. The van der Waals surface area contributed by atoms with Gasteiger partial charge in [0.05, 0.1) is 5.56 Å². The van der Waals surface area contributed by atoms with Crippen molar-refractivity contribution in [3.63, 3.8) is 0 Å². The quantitative estimate of drug-likeness (QED) is 0.735. The first-order valence-corrected chi connectivity index (χ1v) is 5.20. The molecule has 6 heteroatoms.